The summed E-state index contributed by atoms with van der Waals surface area (Å²) in [6.45, 7) is 5.56. The van der Waals surface area contributed by atoms with Crippen LogP contribution in [-0.4, -0.2) is 49.6 Å². The molecule has 7 heteroatoms. The van der Waals surface area contributed by atoms with Crippen molar-refractivity contribution in [2.24, 2.45) is 5.92 Å². The Balaban J connectivity index is 1.65. The first kappa shape index (κ1) is 22.9. The molecule has 2 aromatic rings. The highest BCUT2D eigenvalue weighted by atomic mass is 35.5. The molecule has 0 aromatic heterocycles. The monoisotopic (exact) mass is 444 g/mol. The topological polar surface area (TPSA) is 67.9 Å². The van der Waals surface area contributed by atoms with Crippen molar-refractivity contribution in [1.82, 2.24) is 10.2 Å². The van der Waals surface area contributed by atoms with Crippen LogP contribution in [0.1, 0.15) is 47.4 Å². The van der Waals surface area contributed by atoms with E-state index in [0.29, 0.717) is 47.3 Å². The van der Waals surface area contributed by atoms with Crippen LogP contribution >= 0.6 is 11.6 Å². The molecule has 3 rings (SSSR count). The summed E-state index contributed by atoms with van der Waals surface area (Å²) in [5.41, 5.74) is 1.02. The zero-order valence-corrected chi connectivity index (χ0v) is 18.9. The molecule has 0 saturated carbocycles. The van der Waals surface area contributed by atoms with E-state index in [0.717, 1.165) is 12.8 Å². The molecule has 1 aliphatic rings. The fourth-order valence-corrected chi connectivity index (χ4v) is 3.89. The van der Waals surface area contributed by atoms with E-state index in [2.05, 4.69) is 5.32 Å². The van der Waals surface area contributed by atoms with E-state index in [-0.39, 0.29) is 23.8 Å². The van der Waals surface area contributed by atoms with Crippen LogP contribution < -0.4 is 14.8 Å². The van der Waals surface area contributed by atoms with Crippen molar-refractivity contribution in [2.75, 3.05) is 26.8 Å². The molecule has 0 bridgehead atoms. The van der Waals surface area contributed by atoms with E-state index < -0.39 is 0 Å². The maximum Gasteiger partial charge on any atom is 0.257 e. The number of methoxy groups -OCH3 is 1. The van der Waals surface area contributed by atoms with Crippen LogP contribution in [0.2, 0.25) is 5.02 Å². The van der Waals surface area contributed by atoms with Gasteiger partial charge in [-0.3, -0.25) is 9.59 Å². The standard InChI is InChI=1S/C24H29ClN2O4/c1-16(2)26-23(28)19-8-4-5-9-21(19)31-15-17-7-6-12-27(14-17)24(29)20-11-10-18(25)13-22(20)30-3/h4-5,8-11,13,16-17H,6-7,12,14-15H2,1-3H3,(H,26,28). The molecule has 2 amide bonds. The van der Waals surface area contributed by atoms with Crippen molar-refractivity contribution in [3.05, 3.63) is 58.6 Å². The normalized spacial score (nSPS) is 16.2. The Kier molecular flexibility index (Phi) is 7.80. The molecule has 1 aliphatic heterocycles. The number of nitrogens with zero attached hydrogens (tertiary/aromatic N) is 1. The van der Waals surface area contributed by atoms with Crippen molar-refractivity contribution in [1.29, 1.82) is 0 Å². The third-order valence-corrected chi connectivity index (χ3v) is 5.46. The van der Waals surface area contributed by atoms with Gasteiger partial charge < -0.3 is 19.7 Å². The second-order valence-electron chi connectivity index (χ2n) is 8.04. The molecule has 0 spiro atoms. The van der Waals surface area contributed by atoms with Crippen molar-refractivity contribution >= 4 is 23.4 Å². The third-order valence-electron chi connectivity index (χ3n) is 5.23. The number of piperidine rings is 1. The lowest BCUT2D eigenvalue weighted by Crippen LogP contribution is -2.41. The predicted molar refractivity (Wildman–Crippen MR) is 121 cm³/mol. The summed E-state index contributed by atoms with van der Waals surface area (Å²) in [6.07, 6.45) is 1.85. The molecule has 1 N–H and O–H groups in total. The van der Waals surface area contributed by atoms with E-state index in [1.165, 1.54) is 7.11 Å². The lowest BCUT2D eigenvalue weighted by atomic mass is 9.98. The highest BCUT2D eigenvalue weighted by molar-refractivity contribution is 6.30. The van der Waals surface area contributed by atoms with Gasteiger partial charge in [-0.2, -0.15) is 0 Å². The Morgan fingerprint density at radius 3 is 2.68 bits per heavy atom. The minimum Gasteiger partial charge on any atom is -0.496 e. The first-order valence-electron chi connectivity index (χ1n) is 10.5. The van der Waals surface area contributed by atoms with Crippen molar-refractivity contribution in [3.63, 3.8) is 0 Å². The van der Waals surface area contributed by atoms with E-state index in [1.54, 1.807) is 30.3 Å². The number of para-hydroxylation sites is 1. The van der Waals surface area contributed by atoms with Gasteiger partial charge in [-0.15, -0.1) is 0 Å². The second kappa shape index (κ2) is 10.5. The zero-order valence-electron chi connectivity index (χ0n) is 18.2. The molecule has 1 heterocycles. The summed E-state index contributed by atoms with van der Waals surface area (Å²) >= 11 is 6.02. The molecule has 6 nitrogen and oxygen atoms in total. The predicted octanol–water partition coefficient (Wildman–Crippen LogP) is 4.42. The molecule has 2 aromatic carbocycles. The lowest BCUT2D eigenvalue weighted by molar-refractivity contribution is 0.0630. The number of rotatable bonds is 7. The number of hydrogen-bond donors (Lipinski definition) is 1. The highest BCUT2D eigenvalue weighted by Crippen LogP contribution is 2.27. The number of amides is 2. The molecule has 0 radical (unpaired) electrons. The average molecular weight is 445 g/mol. The summed E-state index contributed by atoms with van der Waals surface area (Å²) in [6, 6.07) is 12.3. The zero-order chi connectivity index (χ0) is 22.4. The average Bonchev–Trinajstić information content (AvgIpc) is 2.77. The van der Waals surface area contributed by atoms with Gasteiger partial charge in [0.2, 0.25) is 0 Å². The number of likely N-dealkylation sites (tertiary alicyclic amines) is 1. The van der Waals surface area contributed by atoms with Crippen molar-refractivity contribution in [2.45, 2.75) is 32.7 Å². The number of halogens is 1. The summed E-state index contributed by atoms with van der Waals surface area (Å²) in [5, 5.41) is 3.43. The molecular formula is C24H29ClN2O4. The van der Waals surface area contributed by atoms with Gasteiger partial charge in [0.05, 0.1) is 24.8 Å². The van der Waals surface area contributed by atoms with Crippen LogP contribution in [0.25, 0.3) is 0 Å². The lowest BCUT2D eigenvalue weighted by Gasteiger charge is -2.33. The van der Waals surface area contributed by atoms with Crippen LogP contribution in [0, 0.1) is 5.92 Å². The van der Waals surface area contributed by atoms with Crippen molar-refractivity contribution in [3.8, 4) is 11.5 Å². The number of carbonyl (C=O) groups excluding carboxylic acids is 2. The smallest absolute Gasteiger partial charge is 0.257 e. The maximum atomic E-state index is 13.1. The van der Waals surface area contributed by atoms with Gasteiger partial charge in [0.25, 0.3) is 11.8 Å². The van der Waals surface area contributed by atoms with Gasteiger partial charge in [-0.25, -0.2) is 0 Å². The largest absolute Gasteiger partial charge is 0.496 e. The summed E-state index contributed by atoms with van der Waals surface area (Å²) < 4.78 is 11.4. The molecule has 1 atom stereocenters. The van der Waals surface area contributed by atoms with Gasteiger partial charge >= 0.3 is 0 Å². The van der Waals surface area contributed by atoms with Crippen LogP contribution in [0.4, 0.5) is 0 Å². The molecule has 1 fully saturated rings. The fourth-order valence-electron chi connectivity index (χ4n) is 3.73. The second-order valence-corrected chi connectivity index (χ2v) is 8.48. The number of benzene rings is 2. The van der Waals surface area contributed by atoms with Crippen LogP contribution in [-0.2, 0) is 0 Å². The third kappa shape index (κ3) is 5.91. The molecule has 0 aliphatic carbocycles. The number of ether oxygens (including phenoxy) is 2. The highest BCUT2D eigenvalue weighted by Gasteiger charge is 2.27. The summed E-state index contributed by atoms with van der Waals surface area (Å²) in [5.74, 6) is 0.984. The Hall–Kier alpha value is -2.73. The summed E-state index contributed by atoms with van der Waals surface area (Å²) in [7, 11) is 1.53. The van der Waals surface area contributed by atoms with Crippen LogP contribution in [0.3, 0.4) is 0 Å². The Morgan fingerprint density at radius 1 is 1.16 bits per heavy atom. The van der Waals surface area contributed by atoms with E-state index in [9.17, 15) is 9.59 Å². The number of nitrogens with one attached hydrogen (secondary N) is 1. The number of carbonyl (C=O) groups is 2. The quantitative estimate of drug-likeness (QED) is 0.686. The van der Waals surface area contributed by atoms with E-state index in [4.69, 9.17) is 21.1 Å². The summed E-state index contributed by atoms with van der Waals surface area (Å²) in [4.78, 5) is 27.3. The number of hydrogen-bond acceptors (Lipinski definition) is 4. The fraction of sp³-hybridized carbons (Fsp3) is 0.417. The Morgan fingerprint density at radius 2 is 1.94 bits per heavy atom. The Labute approximate surface area is 188 Å². The SMILES string of the molecule is COc1cc(Cl)ccc1C(=O)N1CCCC(COc2ccccc2C(=O)NC(C)C)C1. The molecule has 31 heavy (non-hydrogen) atoms. The molecule has 1 unspecified atom stereocenters. The van der Waals surface area contributed by atoms with E-state index in [1.807, 2.05) is 30.9 Å². The molecule has 166 valence electrons. The minimum atomic E-state index is -0.152. The van der Waals surface area contributed by atoms with Gasteiger partial charge in [0.1, 0.15) is 11.5 Å². The van der Waals surface area contributed by atoms with Gasteiger partial charge in [-0.05, 0) is 57.0 Å². The van der Waals surface area contributed by atoms with Gasteiger partial charge in [-0.1, -0.05) is 23.7 Å². The van der Waals surface area contributed by atoms with Crippen LogP contribution in [0.5, 0.6) is 11.5 Å². The minimum absolute atomic E-state index is 0.0448. The first-order chi connectivity index (χ1) is 14.9. The van der Waals surface area contributed by atoms with Crippen molar-refractivity contribution < 1.29 is 19.1 Å². The molecule has 1 saturated heterocycles. The van der Waals surface area contributed by atoms with Gasteiger partial charge in [0.15, 0.2) is 0 Å². The van der Waals surface area contributed by atoms with Crippen LogP contribution in [0.15, 0.2) is 42.5 Å². The Bertz CT molecular complexity index is 932. The maximum absolute atomic E-state index is 13.1. The van der Waals surface area contributed by atoms with Gasteiger partial charge in [0, 0.05) is 30.1 Å². The van der Waals surface area contributed by atoms with E-state index >= 15 is 0 Å². The first-order valence-corrected chi connectivity index (χ1v) is 10.9. The molecular weight excluding hydrogens is 416 g/mol.